The smallest absolute Gasteiger partial charge is 0.306 e. The lowest BCUT2D eigenvalue weighted by Crippen LogP contribution is -2.20. The van der Waals surface area contributed by atoms with Crippen molar-refractivity contribution in [3.8, 4) is 0 Å². The van der Waals surface area contributed by atoms with E-state index < -0.39 is 0 Å². The number of hydrogen-bond acceptors (Lipinski definition) is 3. The Morgan fingerprint density at radius 3 is 1.38 bits per heavy atom. The quantitative estimate of drug-likeness (QED) is 0.0820. The summed E-state index contributed by atoms with van der Waals surface area (Å²) in [6.07, 6.45) is 26.6. The third-order valence-corrected chi connectivity index (χ3v) is 6.50. The Morgan fingerprint density at radius 1 is 0.594 bits per heavy atom. The van der Waals surface area contributed by atoms with Gasteiger partial charge in [-0.05, 0) is 19.3 Å². The lowest BCUT2D eigenvalue weighted by atomic mass is 10.0. The molecule has 0 amide bonds. The number of unbranched alkanes of at least 4 members (excludes halogenated alkanes) is 18. The molecule has 0 fully saturated rings. The first-order valence-corrected chi connectivity index (χ1v) is 14.5. The number of rotatable bonds is 25. The first kappa shape index (κ1) is 31.5. The molecule has 0 aromatic carbocycles. The standard InChI is InChI=1S/C28H54O3S/c1-3-5-7-9-11-13-14-16-18-20-22-24-27(29)31-26(25-28(30)32)23-21-19-17-15-12-10-8-6-4-2/h26H,3-25H2,1-2H3,(H,30,32). The summed E-state index contributed by atoms with van der Waals surface area (Å²) in [5, 5.41) is -0.187. The Hall–Kier alpha value is -0.510. The number of carbonyl (C=O) groups is 2. The van der Waals surface area contributed by atoms with Gasteiger partial charge in [0.1, 0.15) is 6.10 Å². The van der Waals surface area contributed by atoms with E-state index in [1.54, 1.807) is 0 Å². The summed E-state index contributed by atoms with van der Waals surface area (Å²) in [6.45, 7) is 4.50. The zero-order chi connectivity index (χ0) is 23.7. The molecule has 0 bridgehead atoms. The highest BCUT2D eigenvalue weighted by atomic mass is 32.1. The van der Waals surface area contributed by atoms with E-state index in [0.717, 1.165) is 32.1 Å². The highest BCUT2D eigenvalue weighted by Gasteiger charge is 2.16. The predicted molar refractivity (Wildman–Crippen MR) is 141 cm³/mol. The van der Waals surface area contributed by atoms with E-state index in [0.29, 0.717) is 6.42 Å². The fourth-order valence-corrected chi connectivity index (χ4v) is 4.46. The molecular weight excluding hydrogens is 416 g/mol. The summed E-state index contributed by atoms with van der Waals surface area (Å²) in [5.41, 5.74) is 0. The zero-order valence-corrected chi connectivity index (χ0v) is 22.4. The Kier molecular flexibility index (Phi) is 24.7. The molecule has 0 spiro atoms. The zero-order valence-electron chi connectivity index (χ0n) is 21.5. The average Bonchev–Trinajstić information content (AvgIpc) is 2.75. The van der Waals surface area contributed by atoms with Crippen LogP contribution in [-0.4, -0.2) is 17.2 Å². The summed E-state index contributed by atoms with van der Waals surface area (Å²) in [6, 6.07) is 0. The summed E-state index contributed by atoms with van der Waals surface area (Å²) < 4.78 is 5.62. The fraction of sp³-hybridized carbons (Fsp3) is 0.929. The van der Waals surface area contributed by atoms with Crippen LogP contribution in [0.15, 0.2) is 0 Å². The third kappa shape index (κ3) is 24.1. The molecule has 0 heterocycles. The van der Waals surface area contributed by atoms with Crippen LogP contribution < -0.4 is 0 Å². The first-order chi connectivity index (χ1) is 15.6. The van der Waals surface area contributed by atoms with Crippen molar-refractivity contribution >= 4 is 23.7 Å². The molecule has 32 heavy (non-hydrogen) atoms. The van der Waals surface area contributed by atoms with Crippen molar-refractivity contribution in [2.24, 2.45) is 0 Å². The maximum atomic E-state index is 12.2. The minimum Gasteiger partial charge on any atom is -0.462 e. The van der Waals surface area contributed by atoms with Crippen LogP contribution in [0.5, 0.6) is 0 Å². The minimum atomic E-state index is -0.287. The number of hydrogen-bond donors (Lipinski definition) is 1. The van der Waals surface area contributed by atoms with Gasteiger partial charge in [0.05, 0.1) is 6.42 Å². The van der Waals surface area contributed by atoms with Crippen LogP contribution in [0.2, 0.25) is 0 Å². The largest absolute Gasteiger partial charge is 0.462 e. The number of esters is 1. The molecule has 0 radical (unpaired) electrons. The van der Waals surface area contributed by atoms with Crippen LogP contribution in [0, 0.1) is 0 Å². The molecule has 1 atom stereocenters. The van der Waals surface area contributed by atoms with Crippen molar-refractivity contribution in [3.63, 3.8) is 0 Å². The van der Waals surface area contributed by atoms with E-state index in [1.165, 1.54) is 103 Å². The van der Waals surface area contributed by atoms with E-state index in [4.69, 9.17) is 4.74 Å². The van der Waals surface area contributed by atoms with Crippen molar-refractivity contribution in [2.75, 3.05) is 0 Å². The lowest BCUT2D eigenvalue weighted by Gasteiger charge is -2.16. The van der Waals surface area contributed by atoms with Crippen LogP contribution in [0.25, 0.3) is 0 Å². The molecule has 0 saturated carbocycles. The molecular formula is C28H54O3S. The van der Waals surface area contributed by atoms with Gasteiger partial charge in [0.2, 0.25) is 0 Å². The molecule has 0 rings (SSSR count). The maximum absolute atomic E-state index is 12.2. The van der Waals surface area contributed by atoms with Gasteiger partial charge in [-0.25, -0.2) is 0 Å². The van der Waals surface area contributed by atoms with Crippen molar-refractivity contribution < 1.29 is 14.3 Å². The first-order valence-electron chi connectivity index (χ1n) is 14.0. The SMILES string of the molecule is CCCCCCCCCCCCCC(=O)OC(CCCCCCCCCCC)CC(=O)S. The monoisotopic (exact) mass is 470 g/mol. The molecule has 0 aliphatic carbocycles. The van der Waals surface area contributed by atoms with E-state index in [2.05, 4.69) is 26.5 Å². The second-order valence-electron chi connectivity index (χ2n) is 9.61. The van der Waals surface area contributed by atoms with Crippen LogP contribution in [0.4, 0.5) is 0 Å². The van der Waals surface area contributed by atoms with Crippen LogP contribution in [0.1, 0.15) is 162 Å². The number of ether oxygens (including phenoxy) is 1. The van der Waals surface area contributed by atoms with E-state index >= 15 is 0 Å². The Bertz CT molecular complexity index is 425. The highest BCUT2D eigenvalue weighted by molar-refractivity contribution is 7.96. The lowest BCUT2D eigenvalue weighted by molar-refractivity contribution is -0.150. The van der Waals surface area contributed by atoms with Crippen LogP contribution in [-0.2, 0) is 14.3 Å². The second-order valence-corrected chi connectivity index (χ2v) is 10.1. The van der Waals surface area contributed by atoms with Gasteiger partial charge in [0.15, 0.2) is 5.12 Å². The summed E-state index contributed by atoms with van der Waals surface area (Å²) in [4.78, 5) is 23.6. The van der Waals surface area contributed by atoms with Crippen molar-refractivity contribution in [2.45, 2.75) is 168 Å². The highest BCUT2D eigenvalue weighted by Crippen LogP contribution is 2.17. The molecule has 0 N–H and O–H groups in total. The number of thiol groups is 1. The number of carbonyl (C=O) groups excluding carboxylic acids is 2. The second kappa shape index (κ2) is 25.1. The minimum absolute atomic E-state index is 0.142. The van der Waals surface area contributed by atoms with Crippen LogP contribution >= 0.6 is 12.6 Å². The Balaban J connectivity index is 3.71. The molecule has 3 nitrogen and oxygen atoms in total. The van der Waals surface area contributed by atoms with Gasteiger partial charge in [-0.1, -0.05) is 129 Å². The summed E-state index contributed by atoms with van der Waals surface area (Å²) >= 11 is 3.90. The molecule has 1 unspecified atom stereocenters. The molecule has 0 aromatic rings. The van der Waals surface area contributed by atoms with Gasteiger partial charge >= 0.3 is 5.97 Å². The summed E-state index contributed by atoms with van der Waals surface area (Å²) in [7, 11) is 0. The molecule has 0 saturated heterocycles. The summed E-state index contributed by atoms with van der Waals surface area (Å²) in [5.74, 6) is -0.142. The van der Waals surface area contributed by atoms with Gasteiger partial charge in [-0.3, -0.25) is 9.59 Å². The third-order valence-electron chi connectivity index (χ3n) is 6.31. The Morgan fingerprint density at radius 2 is 0.969 bits per heavy atom. The van der Waals surface area contributed by atoms with Gasteiger partial charge < -0.3 is 4.74 Å². The van der Waals surface area contributed by atoms with E-state index in [-0.39, 0.29) is 23.6 Å². The van der Waals surface area contributed by atoms with Gasteiger partial charge in [0, 0.05) is 6.42 Å². The molecule has 0 aliphatic heterocycles. The fourth-order valence-electron chi connectivity index (χ4n) is 4.26. The average molecular weight is 471 g/mol. The van der Waals surface area contributed by atoms with Crippen molar-refractivity contribution in [1.82, 2.24) is 0 Å². The molecule has 0 aliphatic rings. The molecule has 4 heteroatoms. The van der Waals surface area contributed by atoms with Crippen LogP contribution in [0.3, 0.4) is 0 Å². The van der Waals surface area contributed by atoms with Crippen molar-refractivity contribution in [3.05, 3.63) is 0 Å². The van der Waals surface area contributed by atoms with Gasteiger partial charge in [-0.15, -0.1) is 12.6 Å². The van der Waals surface area contributed by atoms with Crippen molar-refractivity contribution in [1.29, 1.82) is 0 Å². The predicted octanol–water partition coefficient (Wildman–Crippen LogP) is 9.37. The van der Waals surface area contributed by atoms with Gasteiger partial charge in [-0.2, -0.15) is 0 Å². The van der Waals surface area contributed by atoms with E-state index in [9.17, 15) is 9.59 Å². The normalized spacial score (nSPS) is 12.1. The molecule has 0 aromatic heterocycles. The van der Waals surface area contributed by atoms with Gasteiger partial charge in [0.25, 0.3) is 0 Å². The van der Waals surface area contributed by atoms with E-state index in [1.807, 2.05) is 0 Å². The Labute approximate surface area is 205 Å². The molecule has 190 valence electrons. The topological polar surface area (TPSA) is 43.4 Å². The maximum Gasteiger partial charge on any atom is 0.306 e.